The third-order valence-corrected chi connectivity index (χ3v) is 8.02. The fraction of sp³-hybridized carbons (Fsp3) is 0.630. The van der Waals surface area contributed by atoms with Crippen LogP contribution in [-0.4, -0.2) is 116 Å². The van der Waals surface area contributed by atoms with Crippen molar-refractivity contribution in [3.05, 3.63) is 29.3 Å². The van der Waals surface area contributed by atoms with Crippen molar-refractivity contribution < 1.29 is 23.9 Å². The first-order valence-electron chi connectivity index (χ1n) is 13.9. The molecule has 0 saturated carbocycles. The number of piperidine rings is 2. The smallest absolute Gasteiger partial charge is 0.262 e. The Labute approximate surface area is 223 Å². The monoisotopic (exact) mass is 526 g/mol. The van der Waals surface area contributed by atoms with Crippen LogP contribution in [0.25, 0.3) is 0 Å². The molecule has 4 heterocycles. The standard InChI is InChI=1S/C27H38N6O5/c34-24-5-4-23(25(35)30-24)33-26(36)21-3-2-19(18-22(21)27(33)37)29-8-1-16-38-17-15-31-11-13-32(14-12-31)20-6-9-28-10-7-20/h2-3,18,20,23,28-29H,1,4-17H2,(H,30,34,35). The van der Waals surface area contributed by atoms with Gasteiger partial charge in [-0.2, -0.15) is 0 Å². The largest absolute Gasteiger partial charge is 0.385 e. The van der Waals surface area contributed by atoms with E-state index < -0.39 is 23.8 Å². The molecule has 3 N–H and O–H groups in total. The second-order valence-electron chi connectivity index (χ2n) is 10.5. The van der Waals surface area contributed by atoms with E-state index >= 15 is 0 Å². The van der Waals surface area contributed by atoms with Crippen LogP contribution in [0.5, 0.6) is 0 Å². The number of benzene rings is 1. The summed E-state index contributed by atoms with van der Waals surface area (Å²) >= 11 is 0. The number of rotatable bonds is 10. The number of amides is 4. The Morgan fingerprint density at radius 1 is 0.921 bits per heavy atom. The van der Waals surface area contributed by atoms with Crippen molar-refractivity contribution in [2.75, 3.05) is 70.9 Å². The van der Waals surface area contributed by atoms with Gasteiger partial charge < -0.3 is 15.4 Å². The lowest BCUT2D eigenvalue weighted by Crippen LogP contribution is -2.54. The molecule has 4 amide bonds. The fourth-order valence-electron chi connectivity index (χ4n) is 5.81. The number of nitrogens with one attached hydrogen (secondary N) is 3. The molecule has 11 heteroatoms. The summed E-state index contributed by atoms with van der Waals surface area (Å²) in [7, 11) is 0. The number of nitrogens with zero attached hydrogens (tertiary/aromatic N) is 3. The van der Waals surface area contributed by atoms with Gasteiger partial charge in [0.1, 0.15) is 6.04 Å². The van der Waals surface area contributed by atoms with Crippen LogP contribution in [0, 0.1) is 0 Å². The molecule has 11 nitrogen and oxygen atoms in total. The topological polar surface area (TPSA) is 123 Å². The van der Waals surface area contributed by atoms with Gasteiger partial charge in [0.15, 0.2) is 0 Å². The van der Waals surface area contributed by atoms with Crippen LogP contribution in [0.15, 0.2) is 18.2 Å². The van der Waals surface area contributed by atoms with Crippen LogP contribution in [-0.2, 0) is 14.3 Å². The van der Waals surface area contributed by atoms with Crippen LogP contribution < -0.4 is 16.0 Å². The van der Waals surface area contributed by atoms with Crippen molar-refractivity contribution in [1.29, 1.82) is 0 Å². The van der Waals surface area contributed by atoms with Crippen molar-refractivity contribution in [1.82, 2.24) is 25.3 Å². The molecule has 0 aromatic heterocycles. The van der Waals surface area contributed by atoms with Gasteiger partial charge in [-0.1, -0.05) is 0 Å². The molecule has 0 spiro atoms. The highest BCUT2D eigenvalue weighted by Gasteiger charge is 2.44. The molecular weight excluding hydrogens is 488 g/mol. The quantitative estimate of drug-likeness (QED) is 0.291. The van der Waals surface area contributed by atoms with E-state index in [1.807, 2.05) is 0 Å². The van der Waals surface area contributed by atoms with Crippen molar-refractivity contribution >= 4 is 29.3 Å². The molecule has 1 atom stereocenters. The van der Waals surface area contributed by atoms with E-state index in [-0.39, 0.29) is 29.9 Å². The molecule has 38 heavy (non-hydrogen) atoms. The van der Waals surface area contributed by atoms with E-state index in [2.05, 4.69) is 25.8 Å². The number of imide groups is 2. The second kappa shape index (κ2) is 12.3. The van der Waals surface area contributed by atoms with Crippen molar-refractivity contribution in [3.8, 4) is 0 Å². The highest BCUT2D eigenvalue weighted by atomic mass is 16.5. The summed E-state index contributed by atoms with van der Waals surface area (Å²) in [6, 6.07) is 4.84. The zero-order valence-electron chi connectivity index (χ0n) is 21.9. The SMILES string of the molecule is O=C1CCC(N2C(=O)c3ccc(NCCCOCCN4CCN(C5CCNCC5)CC4)cc3C2=O)C(=O)N1. The van der Waals surface area contributed by atoms with Crippen LogP contribution in [0.1, 0.15) is 52.8 Å². The highest BCUT2D eigenvalue weighted by Crippen LogP contribution is 2.29. The molecule has 5 rings (SSSR count). The predicted octanol–water partition coefficient (Wildman–Crippen LogP) is 0.276. The van der Waals surface area contributed by atoms with E-state index in [9.17, 15) is 19.2 Å². The number of hydrogen-bond donors (Lipinski definition) is 3. The lowest BCUT2D eigenvalue weighted by molar-refractivity contribution is -0.136. The minimum Gasteiger partial charge on any atom is -0.385 e. The average molecular weight is 527 g/mol. The summed E-state index contributed by atoms with van der Waals surface area (Å²) in [5, 5.41) is 8.94. The van der Waals surface area contributed by atoms with E-state index in [0.717, 1.165) is 75.5 Å². The lowest BCUT2D eigenvalue weighted by atomic mass is 10.0. The highest BCUT2D eigenvalue weighted by molar-refractivity contribution is 6.23. The normalized spacial score (nSPS) is 23.6. The number of anilines is 1. The maximum Gasteiger partial charge on any atom is 0.262 e. The van der Waals surface area contributed by atoms with E-state index in [0.29, 0.717) is 13.2 Å². The lowest BCUT2D eigenvalue weighted by Gasteiger charge is -2.40. The van der Waals surface area contributed by atoms with Crippen molar-refractivity contribution in [2.45, 2.75) is 44.2 Å². The number of carbonyl (C=O) groups excluding carboxylic acids is 4. The third kappa shape index (κ3) is 6.06. The Kier molecular flexibility index (Phi) is 8.68. The van der Waals surface area contributed by atoms with Gasteiger partial charge in [-0.25, -0.2) is 0 Å². The van der Waals surface area contributed by atoms with Gasteiger partial charge in [0, 0.05) is 64.0 Å². The molecule has 0 radical (unpaired) electrons. The minimum atomic E-state index is -0.952. The number of carbonyl (C=O) groups is 4. The molecule has 1 aromatic rings. The van der Waals surface area contributed by atoms with Gasteiger partial charge in [-0.3, -0.25) is 39.2 Å². The predicted molar refractivity (Wildman–Crippen MR) is 141 cm³/mol. The van der Waals surface area contributed by atoms with Gasteiger partial charge >= 0.3 is 0 Å². The Morgan fingerprint density at radius 3 is 2.45 bits per heavy atom. The molecule has 206 valence electrons. The Bertz CT molecular complexity index is 1050. The van der Waals surface area contributed by atoms with Crippen molar-refractivity contribution in [2.24, 2.45) is 0 Å². The molecule has 4 aliphatic heterocycles. The fourth-order valence-corrected chi connectivity index (χ4v) is 5.81. The third-order valence-electron chi connectivity index (χ3n) is 8.02. The maximum atomic E-state index is 12.9. The van der Waals surface area contributed by atoms with Gasteiger partial charge in [0.05, 0.1) is 17.7 Å². The van der Waals surface area contributed by atoms with Crippen LogP contribution in [0.4, 0.5) is 5.69 Å². The van der Waals surface area contributed by atoms with E-state index in [1.54, 1.807) is 18.2 Å². The van der Waals surface area contributed by atoms with Gasteiger partial charge in [0.2, 0.25) is 11.8 Å². The van der Waals surface area contributed by atoms with Crippen LogP contribution in [0.3, 0.4) is 0 Å². The van der Waals surface area contributed by atoms with Gasteiger partial charge in [-0.15, -0.1) is 0 Å². The molecule has 4 aliphatic rings. The Morgan fingerprint density at radius 2 is 1.68 bits per heavy atom. The van der Waals surface area contributed by atoms with Crippen molar-refractivity contribution in [3.63, 3.8) is 0 Å². The Balaban J connectivity index is 0.989. The summed E-state index contributed by atoms with van der Waals surface area (Å²) < 4.78 is 5.85. The first-order chi connectivity index (χ1) is 18.5. The number of piperazine rings is 1. The molecule has 3 fully saturated rings. The first-order valence-corrected chi connectivity index (χ1v) is 13.9. The molecule has 3 saturated heterocycles. The van der Waals surface area contributed by atoms with Crippen LogP contribution in [0.2, 0.25) is 0 Å². The van der Waals surface area contributed by atoms with Gasteiger partial charge in [-0.05, 0) is 57.0 Å². The molecule has 1 unspecified atom stereocenters. The van der Waals surface area contributed by atoms with Gasteiger partial charge in [0.25, 0.3) is 11.8 Å². The second-order valence-corrected chi connectivity index (χ2v) is 10.5. The number of ether oxygens (including phenoxy) is 1. The summed E-state index contributed by atoms with van der Waals surface area (Å²) in [6.45, 7) is 9.79. The maximum absolute atomic E-state index is 12.9. The number of hydrogen-bond acceptors (Lipinski definition) is 9. The molecular formula is C27H38N6O5. The summed E-state index contributed by atoms with van der Waals surface area (Å²) in [5.74, 6) is -1.98. The first kappa shape index (κ1) is 26.7. The molecule has 0 bridgehead atoms. The summed E-state index contributed by atoms with van der Waals surface area (Å²) in [5.41, 5.74) is 1.30. The number of fused-ring (bicyclic) bond motifs is 1. The Hall–Kier alpha value is -2.86. The zero-order chi connectivity index (χ0) is 26.5. The molecule has 0 aliphatic carbocycles. The summed E-state index contributed by atoms with van der Waals surface area (Å²) in [4.78, 5) is 55.5. The summed E-state index contributed by atoms with van der Waals surface area (Å²) in [6.07, 6.45) is 3.59. The average Bonchev–Trinajstić information content (AvgIpc) is 3.18. The van der Waals surface area contributed by atoms with E-state index in [1.165, 1.54) is 12.8 Å². The van der Waals surface area contributed by atoms with E-state index in [4.69, 9.17) is 4.74 Å². The van der Waals surface area contributed by atoms with Crippen LogP contribution >= 0.6 is 0 Å². The minimum absolute atomic E-state index is 0.105. The molecule has 1 aromatic carbocycles. The zero-order valence-corrected chi connectivity index (χ0v) is 21.9.